The highest BCUT2D eigenvalue weighted by molar-refractivity contribution is 7.09. The zero-order chi connectivity index (χ0) is 20.2. The van der Waals surface area contributed by atoms with Crippen LogP contribution in [0.5, 0.6) is 5.75 Å². The van der Waals surface area contributed by atoms with E-state index in [0.717, 1.165) is 42.9 Å². The molecule has 152 valence electrons. The molecule has 1 aromatic carbocycles. The van der Waals surface area contributed by atoms with E-state index >= 15 is 0 Å². The lowest BCUT2D eigenvalue weighted by Crippen LogP contribution is -2.45. The van der Waals surface area contributed by atoms with E-state index in [2.05, 4.69) is 4.98 Å². The zero-order valence-electron chi connectivity index (χ0n) is 16.8. The molecule has 3 aliphatic rings. The van der Waals surface area contributed by atoms with Gasteiger partial charge in [-0.2, -0.15) is 0 Å². The molecular weight excluding hydrogens is 386 g/mol. The van der Waals surface area contributed by atoms with Gasteiger partial charge in [0.05, 0.1) is 29.8 Å². The molecule has 0 radical (unpaired) electrons. The number of methoxy groups -OCH3 is 1. The Hall–Kier alpha value is -2.41. The third-order valence-electron chi connectivity index (χ3n) is 6.85. The lowest BCUT2D eigenvalue weighted by atomic mass is 9.72. The van der Waals surface area contributed by atoms with E-state index in [9.17, 15) is 9.59 Å². The fraction of sp³-hybridized carbons (Fsp3) is 0.500. The van der Waals surface area contributed by atoms with Crippen molar-refractivity contribution in [1.29, 1.82) is 0 Å². The molecule has 5 rings (SSSR count). The first kappa shape index (κ1) is 18.6. The quantitative estimate of drug-likeness (QED) is 0.775. The lowest BCUT2D eigenvalue weighted by Gasteiger charge is -2.32. The lowest BCUT2D eigenvalue weighted by molar-refractivity contribution is -0.137. The molecule has 0 saturated carbocycles. The first-order chi connectivity index (χ1) is 14.0. The van der Waals surface area contributed by atoms with Gasteiger partial charge in [-0.05, 0) is 50.8 Å². The van der Waals surface area contributed by atoms with Crippen LogP contribution in [0.15, 0.2) is 29.6 Å². The van der Waals surface area contributed by atoms with Crippen LogP contribution < -0.4 is 4.74 Å². The summed E-state index contributed by atoms with van der Waals surface area (Å²) in [6, 6.07) is 7.47. The molecule has 0 unspecified atom stereocenters. The molecule has 3 saturated heterocycles. The van der Waals surface area contributed by atoms with Crippen LogP contribution in [0.4, 0.5) is 0 Å². The molecule has 1 aromatic heterocycles. The van der Waals surface area contributed by atoms with Gasteiger partial charge in [-0.15, -0.1) is 11.3 Å². The van der Waals surface area contributed by atoms with Gasteiger partial charge in [-0.3, -0.25) is 9.59 Å². The predicted octanol–water partition coefficient (Wildman–Crippen LogP) is 3.26. The van der Waals surface area contributed by atoms with Gasteiger partial charge in [0.15, 0.2) is 0 Å². The molecule has 2 aromatic rings. The fourth-order valence-corrected chi connectivity index (χ4v) is 6.18. The van der Waals surface area contributed by atoms with Crippen LogP contribution in [0.2, 0.25) is 0 Å². The summed E-state index contributed by atoms with van der Waals surface area (Å²) in [6.45, 7) is 3.31. The minimum atomic E-state index is -0.414. The fourth-order valence-electron chi connectivity index (χ4n) is 5.58. The van der Waals surface area contributed by atoms with Gasteiger partial charge in [-0.1, -0.05) is 6.07 Å². The highest BCUT2D eigenvalue weighted by Gasteiger charge is 2.64. The molecule has 3 atom stereocenters. The van der Waals surface area contributed by atoms with E-state index in [1.807, 2.05) is 40.3 Å². The molecule has 3 aliphatic heterocycles. The maximum absolute atomic E-state index is 13.5. The van der Waals surface area contributed by atoms with Crippen molar-refractivity contribution in [3.8, 4) is 5.75 Å². The Kier molecular flexibility index (Phi) is 4.38. The molecule has 3 fully saturated rings. The minimum absolute atomic E-state index is 0.000807. The number of thiazole rings is 1. The third-order valence-corrected chi connectivity index (χ3v) is 7.67. The van der Waals surface area contributed by atoms with Crippen molar-refractivity contribution in [2.45, 2.75) is 51.2 Å². The third kappa shape index (κ3) is 2.86. The highest BCUT2D eigenvalue weighted by atomic mass is 32.1. The van der Waals surface area contributed by atoms with Gasteiger partial charge in [0, 0.05) is 29.6 Å². The number of rotatable bonds is 4. The van der Waals surface area contributed by atoms with Crippen LogP contribution >= 0.6 is 11.3 Å². The van der Waals surface area contributed by atoms with Crippen molar-refractivity contribution in [2.75, 3.05) is 13.7 Å². The number of hydrogen-bond acceptors (Lipinski definition) is 5. The summed E-state index contributed by atoms with van der Waals surface area (Å²) in [6.07, 6.45) is 3.52. The van der Waals surface area contributed by atoms with E-state index in [4.69, 9.17) is 4.74 Å². The molecular formula is C22H25N3O3S. The van der Waals surface area contributed by atoms with Gasteiger partial charge < -0.3 is 14.5 Å². The molecule has 6 nitrogen and oxygen atoms in total. The summed E-state index contributed by atoms with van der Waals surface area (Å²) in [7, 11) is 1.60. The first-order valence-corrected chi connectivity index (χ1v) is 11.1. The van der Waals surface area contributed by atoms with Crippen LogP contribution in [-0.2, 0) is 11.3 Å². The van der Waals surface area contributed by atoms with Crippen LogP contribution in [0, 0.1) is 12.3 Å². The van der Waals surface area contributed by atoms with E-state index in [0.29, 0.717) is 17.9 Å². The van der Waals surface area contributed by atoms with Gasteiger partial charge >= 0.3 is 0 Å². The second-order valence-corrected chi connectivity index (χ2v) is 9.45. The average Bonchev–Trinajstić information content (AvgIpc) is 3.48. The second-order valence-electron chi connectivity index (χ2n) is 8.39. The maximum Gasteiger partial charge on any atom is 0.254 e. The Morgan fingerprint density at radius 1 is 1.38 bits per heavy atom. The monoisotopic (exact) mass is 411 g/mol. The van der Waals surface area contributed by atoms with Gasteiger partial charge in [0.25, 0.3) is 5.91 Å². The summed E-state index contributed by atoms with van der Waals surface area (Å²) in [5.74, 6) is 0.909. The molecule has 7 heteroatoms. The van der Waals surface area contributed by atoms with Crippen molar-refractivity contribution in [3.63, 3.8) is 0 Å². The summed E-state index contributed by atoms with van der Waals surface area (Å²) in [5.41, 5.74) is 1.19. The molecule has 4 heterocycles. The van der Waals surface area contributed by atoms with Gasteiger partial charge in [0.2, 0.25) is 5.91 Å². The number of benzene rings is 1. The zero-order valence-corrected chi connectivity index (χ0v) is 17.6. The number of carbonyl (C=O) groups is 2. The van der Waals surface area contributed by atoms with Crippen LogP contribution in [0.25, 0.3) is 0 Å². The SMILES string of the molecule is COc1cccc(C(=O)N2[C@H]3CC[C@H]2[C@@]2(CCN(Cc4csc(C)n4)C2=O)C3)c1. The van der Waals surface area contributed by atoms with E-state index in [1.54, 1.807) is 24.5 Å². The Balaban J connectivity index is 1.38. The molecule has 29 heavy (non-hydrogen) atoms. The smallest absolute Gasteiger partial charge is 0.254 e. The number of ether oxygens (including phenoxy) is 1. The summed E-state index contributed by atoms with van der Waals surface area (Å²) < 4.78 is 5.28. The summed E-state index contributed by atoms with van der Waals surface area (Å²) >= 11 is 1.62. The van der Waals surface area contributed by atoms with Gasteiger partial charge in [0.1, 0.15) is 5.75 Å². The van der Waals surface area contributed by atoms with E-state index in [1.165, 1.54) is 0 Å². The van der Waals surface area contributed by atoms with Crippen molar-refractivity contribution >= 4 is 23.2 Å². The number of carbonyl (C=O) groups excluding carboxylic acids is 2. The van der Waals surface area contributed by atoms with Crippen molar-refractivity contribution in [3.05, 3.63) is 45.9 Å². The standard InChI is InChI=1S/C22H25N3O3S/c1-14-23-16(13-29-14)12-24-9-8-22(21(24)27)11-17-6-7-19(22)25(17)20(26)15-4-3-5-18(10-15)28-2/h3-5,10,13,17,19H,6-9,11-12H2,1-2H3/t17-,19-,22+/m0/s1. The Morgan fingerprint density at radius 2 is 2.24 bits per heavy atom. The van der Waals surface area contributed by atoms with Crippen LogP contribution in [-0.4, -0.2) is 52.3 Å². The van der Waals surface area contributed by atoms with Crippen LogP contribution in [0.1, 0.15) is 46.7 Å². The minimum Gasteiger partial charge on any atom is -0.497 e. The normalized spacial score (nSPS) is 28.0. The van der Waals surface area contributed by atoms with Crippen LogP contribution in [0.3, 0.4) is 0 Å². The predicted molar refractivity (Wildman–Crippen MR) is 110 cm³/mol. The maximum atomic E-state index is 13.5. The van der Waals surface area contributed by atoms with Crippen molar-refractivity contribution < 1.29 is 14.3 Å². The summed E-state index contributed by atoms with van der Waals surface area (Å²) in [4.78, 5) is 35.3. The molecule has 0 aliphatic carbocycles. The highest BCUT2D eigenvalue weighted by Crippen LogP contribution is 2.55. The van der Waals surface area contributed by atoms with Crippen molar-refractivity contribution in [2.24, 2.45) is 5.41 Å². The topological polar surface area (TPSA) is 62.7 Å². The first-order valence-electron chi connectivity index (χ1n) is 10.2. The number of fused-ring (bicyclic) bond motifs is 3. The largest absolute Gasteiger partial charge is 0.497 e. The second kappa shape index (κ2) is 6.83. The Bertz CT molecular complexity index is 974. The van der Waals surface area contributed by atoms with Gasteiger partial charge in [-0.25, -0.2) is 4.98 Å². The number of nitrogens with zero attached hydrogens (tertiary/aromatic N) is 3. The Labute approximate surface area is 174 Å². The average molecular weight is 412 g/mol. The number of likely N-dealkylation sites (tertiary alicyclic amines) is 1. The number of aryl methyl sites for hydroxylation is 1. The Morgan fingerprint density at radius 3 is 3.00 bits per heavy atom. The molecule has 0 N–H and O–H groups in total. The summed E-state index contributed by atoms with van der Waals surface area (Å²) in [5, 5.41) is 3.06. The number of amides is 2. The van der Waals surface area contributed by atoms with E-state index in [-0.39, 0.29) is 23.9 Å². The van der Waals surface area contributed by atoms with Crippen molar-refractivity contribution in [1.82, 2.24) is 14.8 Å². The number of aromatic nitrogens is 1. The molecule has 2 amide bonds. The molecule has 2 bridgehead atoms. The molecule has 1 spiro atoms. The number of hydrogen-bond donors (Lipinski definition) is 0. The van der Waals surface area contributed by atoms with E-state index < -0.39 is 5.41 Å².